The topological polar surface area (TPSA) is 110 Å². The van der Waals surface area contributed by atoms with Gasteiger partial charge in [-0.2, -0.15) is 0 Å². The molecule has 0 aliphatic rings. The van der Waals surface area contributed by atoms with E-state index in [2.05, 4.69) is 4.74 Å². The van der Waals surface area contributed by atoms with Gasteiger partial charge in [0.25, 0.3) is 0 Å². The van der Waals surface area contributed by atoms with Crippen molar-refractivity contribution in [1.82, 2.24) is 0 Å². The van der Waals surface area contributed by atoms with E-state index in [9.17, 15) is 19.5 Å². The van der Waals surface area contributed by atoms with Gasteiger partial charge in [0.2, 0.25) is 0 Å². The Balaban J connectivity index is 3.12. The molecule has 0 radical (unpaired) electrons. The summed E-state index contributed by atoms with van der Waals surface area (Å²) in [5.74, 6) is -2.45. The Kier molecular flexibility index (Phi) is 6.52. The van der Waals surface area contributed by atoms with Gasteiger partial charge in [-0.25, -0.2) is 9.59 Å². The number of carbonyl (C=O) groups excluding carboxylic acids is 2. The number of aryl methyl sites for hydroxylation is 1. The van der Waals surface area contributed by atoms with Crippen molar-refractivity contribution in [2.24, 2.45) is 0 Å². The molecule has 0 aromatic heterocycles. The summed E-state index contributed by atoms with van der Waals surface area (Å²) in [4.78, 5) is 33.9. The van der Waals surface area contributed by atoms with Crippen LogP contribution in [0.1, 0.15) is 40.9 Å². The van der Waals surface area contributed by atoms with Crippen LogP contribution in [0.15, 0.2) is 18.2 Å². The number of benzene rings is 1. The number of aliphatic hydroxyl groups is 1. The second-order valence-electron chi connectivity index (χ2n) is 4.45. The van der Waals surface area contributed by atoms with Gasteiger partial charge in [-0.05, 0) is 36.6 Å². The Morgan fingerprint density at radius 2 is 1.95 bits per heavy atom. The molecule has 120 valence electrons. The lowest BCUT2D eigenvalue weighted by Crippen LogP contribution is -2.15. The molecule has 1 aromatic rings. The van der Waals surface area contributed by atoms with E-state index >= 15 is 0 Å². The van der Waals surface area contributed by atoms with Crippen molar-refractivity contribution in [3.05, 3.63) is 34.9 Å². The maximum absolute atomic E-state index is 11.7. The first-order chi connectivity index (χ1) is 10.4. The lowest BCUT2D eigenvalue weighted by Gasteiger charge is -2.13. The number of carbonyl (C=O) groups is 3. The molecule has 0 fully saturated rings. The molecule has 0 aliphatic heterocycles. The van der Waals surface area contributed by atoms with Crippen molar-refractivity contribution in [3.63, 3.8) is 0 Å². The van der Waals surface area contributed by atoms with Crippen molar-refractivity contribution in [2.75, 3.05) is 13.7 Å². The lowest BCUT2D eigenvalue weighted by atomic mass is 9.96. The SMILES string of the molecule is CCOC(=O)c1ccc(C(O)C(=O)O)c(CCC(=O)OC)c1. The number of carboxylic acids is 1. The standard InChI is InChI=1S/C15H18O7/c1-3-22-15(20)10-4-6-11(13(17)14(18)19)9(8-10)5-7-12(16)21-2/h4,6,8,13,17H,3,5,7H2,1-2H3,(H,18,19). The van der Waals surface area contributed by atoms with Crippen molar-refractivity contribution < 1.29 is 34.1 Å². The van der Waals surface area contributed by atoms with Gasteiger partial charge in [0, 0.05) is 6.42 Å². The molecule has 0 aliphatic carbocycles. The van der Waals surface area contributed by atoms with Gasteiger partial charge in [0.1, 0.15) is 0 Å². The molecule has 0 spiro atoms. The fraction of sp³-hybridized carbons (Fsp3) is 0.400. The number of aliphatic hydroxyl groups excluding tert-OH is 1. The van der Waals surface area contributed by atoms with Gasteiger partial charge in [-0.3, -0.25) is 4.79 Å². The minimum atomic E-state index is -1.73. The lowest BCUT2D eigenvalue weighted by molar-refractivity contribution is -0.147. The van der Waals surface area contributed by atoms with E-state index in [-0.39, 0.29) is 30.6 Å². The van der Waals surface area contributed by atoms with E-state index in [0.717, 1.165) is 0 Å². The maximum atomic E-state index is 11.7. The minimum Gasteiger partial charge on any atom is -0.479 e. The zero-order chi connectivity index (χ0) is 16.7. The van der Waals surface area contributed by atoms with Crippen LogP contribution >= 0.6 is 0 Å². The van der Waals surface area contributed by atoms with Crippen molar-refractivity contribution in [1.29, 1.82) is 0 Å². The van der Waals surface area contributed by atoms with Gasteiger partial charge < -0.3 is 19.7 Å². The fourth-order valence-electron chi connectivity index (χ4n) is 1.90. The summed E-state index contributed by atoms with van der Waals surface area (Å²) in [6.45, 7) is 1.87. The molecule has 0 heterocycles. The molecule has 1 rings (SSSR count). The van der Waals surface area contributed by atoms with Gasteiger partial charge in [-0.1, -0.05) is 6.07 Å². The van der Waals surface area contributed by atoms with Crippen LogP contribution in [0.25, 0.3) is 0 Å². The molecular weight excluding hydrogens is 292 g/mol. The van der Waals surface area contributed by atoms with Crippen LogP contribution in [0.5, 0.6) is 0 Å². The molecule has 1 atom stereocenters. The number of hydrogen-bond donors (Lipinski definition) is 2. The molecule has 0 saturated heterocycles. The summed E-state index contributed by atoms with van der Waals surface area (Å²) < 4.78 is 9.39. The molecule has 0 amide bonds. The zero-order valence-corrected chi connectivity index (χ0v) is 12.4. The van der Waals surface area contributed by atoms with Gasteiger partial charge in [0.15, 0.2) is 6.10 Å². The van der Waals surface area contributed by atoms with Crippen LogP contribution in [0.3, 0.4) is 0 Å². The van der Waals surface area contributed by atoms with Crippen molar-refractivity contribution in [2.45, 2.75) is 25.9 Å². The van der Waals surface area contributed by atoms with Crippen LogP contribution in [0, 0.1) is 0 Å². The van der Waals surface area contributed by atoms with E-state index < -0.39 is 24.0 Å². The predicted molar refractivity (Wildman–Crippen MR) is 75.3 cm³/mol. The Bertz CT molecular complexity index is 565. The first-order valence-electron chi connectivity index (χ1n) is 6.68. The van der Waals surface area contributed by atoms with Crippen molar-refractivity contribution in [3.8, 4) is 0 Å². The Morgan fingerprint density at radius 1 is 1.27 bits per heavy atom. The normalized spacial score (nSPS) is 11.6. The summed E-state index contributed by atoms with van der Waals surface area (Å²) in [6.07, 6.45) is -1.59. The zero-order valence-electron chi connectivity index (χ0n) is 12.4. The number of ether oxygens (including phenoxy) is 2. The van der Waals surface area contributed by atoms with Crippen LogP contribution in [-0.2, 0) is 25.5 Å². The summed E-state index contributed by atoms with van der Waals surface area (Å²) in [5.41, 5.74) is 0.735. The quantitative estimate of drug-likeness (QED) is 0.725. The highest BCUT2D eigenvalue weighted by atomic mass is 16.5. The number of rotatable bonds is 7. The molecule has 0 bridgehead atoms. The third kappa shape index (κ3) is 4.56. The second-order valence-corrected chi connectivity index (χ2v) is 4.45. The van der Waals surface area contributed by atoms with Gasteiger partial charge in [0.05, 0.1) is 19.3 Å². The molecule has 1 unspecified atom stereocenters. The molecule has 1 aromatic carbocycles. The monoisotopic (exact) mass is 310 g/mol. The smallest absolute Gasteiger partial charge is 0.338 e. The fourth-order valence-corrected chi connectivity index (χ4v) is 1.90. The third-order valence-corrected chi connectivity index (χ3v) is 3.01. The summed E-state index contributed by atoms with van der Waals surface area (Å²) in [5, 5.41) is 18.6. The molecular formula is C15H18O7. The van der Waals surface area contributed by atoms with Crippen LogP contribution < -0.4 is 0 Å². The van der Waals surface area contributed by atoms with E-state index in [0.29, 0.717) is 5.56 Å². The largest absolute Gasteiger partial charge is 0.479 e. The highest BCUT2D eigenvalue weighted by Gasteiger charge is 2.21. The van der Waals surface area contributed by atoms with E-state index in [4.69, 9.17) is 9.84 Å². The number of hydrogen-bond acceptors (Lipinski definition) is 6. The van der Waals surface area contributed by atoms with Crippen LogP contribution in [0.4, 0.5) is 0 Å². The number of carboxylic acid groups (broad SMARTS) is 1. The molecule has 7 heteroatoms. The summed E-state index contributed by atoms with van der Waals surface area (Å²) in [6, 6.07) is 4.14. The Hall–Kier alpha value is -2.41. The van der Waals surface area contributed by atoms with Gasteiger partial charge >= 0.3 is 17.9 Å². The molecule has 0 saturated carbocycles. The highest BCUT2D eigenvalue weighted by molar-refractivity contribution is 5.90. The van der Waals surface area contributed by atoms with Gasteiger partial charge in [-0.15, -0.1) is 0 Å². The number of aliphatic carboxylic acids is 1. The van der Waals surface area contributed by atoms with Crippen LogP contribution in [0.2, 0.25) is 0 Å². The maximum Gasteiger partial charge on any atom is 0.338 e. The second kappa shape index (κ2) is 8.14. The first kappa shape index (κ1) is 17.6. The Labute approximate surface area is 127 Å². The minimum absolute atomic E-state index is 0.00210. The number of methoxy groups -OCH3 is 1. The van der Waals surface area contributed by atoms with E-state index in [1.165, 1.54) is 25.3 Å². The predicted octanol–water partition coefficient (Wildman–Crippen LogP) is 1.09. The molecule has 22 heavy (non-hydrogen) atoms. The van der Waals surface area contributed by atoms with Crippen molar-refractivity contribution >= 4 is 17.9 Å². The average molecular weight is 310 g/mol. The number of esters is 2. The van der Waals surface area contributed by atoms with Crippen LogP contribution in [-0.4, -0.2) is 41.8 Å². The molecule has 7 nitrogen and oxygen atoms in total. The Morgan fingerprint density at radius 3 is 2.50 bits per heavy atom. The first-order valence-corrected chi connectivity index (χ1v) is 6.68. The summed E-state index contributed by atoms with van der Waals surface area (Å²) >= 11 is 0. The highest BCUT2D eigenvalue weighted by Crippen LogP contribution is 2.22. The van der Waals surface area contributed by atoms with E-state index in [1.807, 2.05) is 0 Å². The third-order valence-electron chi connectivity index (χ3n) is 3.01. The molecule has 2 N–H and O–H groups in total. The average Bonchev–Trinajstić information content (AvgIpc) is 2.51. The summed E-state index contributed by atoms with van der Waals surface area (Å²) in [7, 11) is 1.24. The van der Waals surface area contributed by atoms with E-state index in [1.54, 1.807) is 6.92 Å².